The highest BCUT2D eigenvalue weighted by Gasteiger charge is 2.48. The Morgan fingerprint density at radius 2 is 1.89 bits per heavy atom. The van der Waals surface area contributed by atoms with E-state index in [2.05, 4.69) is 4.18 Å². The zero-order valence-electron chi connectivity index (χ0n) is 8.92. The number of alkyl halides is 4. The molecule has 1 aromatic rings. The molecule has 0 fully saturated rings. The zero-order chi connectivity index (χ0) is 14.8. The van der Waals surface area contributed by atoms with E-state index in [9.17, 15) is 30.4 Å². The first-order valence-electron chi connectivity index (χ1n) is 4.59. The first-order valence-corrected chi connectivity index (χ1v) is 6.37. The van der Waals surface area contributed by atoms with Gasteiger partial charge in [0.1, 0.15) is 18.6 Å². The maximum atomic E-state index is 12.8. The van der Waals surface area contributed by atoms with E-state index in [1.807, 2.05) is 0 Å². The van der Waals surface area contributed by atoms with Crippen molar-refractivity contribution in [1.29, 1.82) is 0 Å². The molecule has 1 atom stereocenters. The fourth-order valence-corrected chi connectivity index (χ4v) is 1.86. The Morgan fingerprint density at radius 3 is 2.32 bits per heavy atom. The molecule has 0 heterocycles. The fourth-order valence-electron chi connectivity index (χ4n) is 1.09. The maximum Gasteiger partial charge on any atom is 0.523 e. The second-order valence-corrected chi connectivity index (χ2v) is 5.28. The Hall–Kier alpha value is -0.930. The maximum absolute atomic E-state index is 12.8. The van der Waals surface area contributed by atoms with Crippen LogP contribution in [-0.2, 0) is 14.3 Å². The van der Waals surface area contributed by atoms with E-state index in [1.54, 1.807) is 0 Å². The van der Waals surface area contributed by atoms with Gasteiger partial charge in [-0.2, -0.15) is 21.6 Å². The Bertz CT molecular complexity index is 557. The minimum absolute atomic E-state index is 0.332. The summed E-state index contributed by atoms with van der Waals surface area (Å²) in [4.78, 5) is 0. The molecule has 0 saturated heterocycles. The number of benzene rings is 1. The molecular weight excluding hydrogens is 319 g/mol. The van der Waals surface area contributed by atoms with Crippen molar-refractivity contribution in [2.24, 2.45) is 0 Å². The molecule has 0 aromatic heterocycles. The lowest BCUT2D eigenvalue weighted by molar-refractivity contribution is -0.0581. The van der Waals surface area contributed by atoms with Crippen LogP contribution < -0.4 is 0 Å². The lowest BCUT2D eigenvalue weighted by Gasteiger charge is -2.16. The van der Waals surface area contributed by atoms with E-state index in [-0.39, 0.29) is 5.56 Å². The zero-order valence-corrected chi connectivity index (χ0v) is 10.5. The van der Waals surface area contributed by atoms with Gasteiger partial charge in [0.2, 0.25) is 0 Å². The summed E-state index contributed by atoms with van der Waals surface area (Å²) in [6.07, 6.45) is -2.05. The molecule has 19 heavy (non-hydrogen) atoms. The largest absolute Gasteiger partial charge is 0.523 e. The molecule has 0 bridgehead atoms. The van der Waals surface area contributed by atoms with Crippen LogP contribution in [0.1, 0.15) is 11.7 Å². The molecule has 1 aromatic carbocycles. The third kappa shape index (κ3) is 3.77. The van der Waals surface area contributed by atoms with Gasteiger partial charge in [-0.25, -0.2) is 8.78 Å². The number of hydrogen-bond acceptors (Lipinski definition) is 3. The van der Waals surface area contributed by atoms with Crippen LogP contribution in [0.25, 0.3) is 0 Å². The van der Waals surface area contributed by atoms with E-state index in [1.165, 1.54) is 0 Å². The molecule has 0 N–H and O–H groups in total. The van der Waals surface area contributed by atoms with Crippen LogP contribution in [0.15, 0.2) is 18.2 Å². The quantitative estimate of drug-likeness (QED) is 0.484. The fraction of sp³-hybridized carbons (Fsp3) is 0.333. The van der Waals surface area contributed by atoms with Crippen LogP contribution in [-0.4, -0.2) is 20.6 Å². The highest BCUT2D eigenvalue weighted by molar-refractivity contribution is 7.87. The van der Waals surface area contributed by atoms with E-state index in [0.29, 0.717) is 0 Å². The molecule has 1 unspecified atom stereocenters. The van der Waals surface area contributed by atoms with Crippen molar-refractivity contribution in [3.05, 3.63) is 34.6 Å². The van der Waals surface area contributed by atoms with Crippen LogP contribution in [0.3, 0.4) is 0 Å². The summed E-state index contributed by atoms with van der Waals surface area (Å²) >= 11 is 5.35. The van der Waals surface area contributed by atoms with Crippen molar-refractivity contribution in [1.82, 2.24) is 0 Å². The Kier molecular flexibility index (Phi) is 4.75. The molecule has 0 radical (unpaired) electrons. The third-order valence-electron chi connectivity index (χ3n) is 1.98. The first-order chi connectivity index (χ1) is 8.58. The van der Waals surface area contributed by atoms with Crippen LogP contribution in [0.5, 0.6) is 0 Å². The average Bonchev–Trinajstić information content (AvgIpc) is 2.28. The molecule has 0 saturated carbocycles. The van der Waals surface area contributed by atoms with E-state index >= 15 is 0 Å². The third-order valence-corrected chi connectivity index (χ3v) is 3.32. The molecule has 108 valence electrons. The second kappa shape index (κ2) is 5.59. The number of halogens is 6. The molecule has 1 rings (SSSR count). The van der Waals surface area contributed by atoms with Crippen molar-refractivity contribution < 1.29 is 34.6 Å². The summed E-state index contributed by atoms with van der Waals surface area (Å²) in [5.41, 5.74) is -6.01. The Balaban J connectivity index is 3.06. The van der Waals surface area contributed by atoms with E-state index in [0.717, 1.165) is 18.2 Å². The lowest BCUT2D eigenvalue weighted by Crippen LogP contribution is -2.27. The van der Waals surface area contributed by atoms with Gasteiger partial charge in [-0.3, -0.25) is 4.18 Å². The summed E-state index contributed by atoms with van der Waals surface area (Å²) in [7, 11) is -5.96. The van der Waals surface area contributed by atoms with Crippen molar-refractivity contribution in [3.63, 3.8) is 0 Å². The highest BCUT2D eigenvalue weighted by atomic mass is 35.5. The summed E-state index contributed by atoms with van der Waals surface area (Å²) in [6.45, 7) is -1.56. The molecule has 0 aliphatic heterocycles. The Morgan fingerprint density at radius 1 is 1.32 bits per heavy atom. The standard InChI is InChI=1S/C9H6ClF5O3S/c10-6-3-5(1-2-7(6)12)8(4-11)18-19(16,17)9(13,14)15/h1-3,8H,4H2. The van der Waals surface area contributed by atoms with Gasteiger partial charge in [0.05, 0.1) is 5.02 Å². The second-order valence-electron chi connectivity index (χ2n) is 3.31. The minimum atomic E-state index is -5.96. The van der Waals surface area contributed by atoms with Crippen molar-refractivity contribution >= 4 is 21.7 Å². The van der Waals surface area contributed by atoms with Gasteiger partial charge in [0, 0.05) is 0 Å². The van der Waals surface area contributed by atoms with Crippen molar-refractivity contribution in [2.75, 3.05) is 6.67 Å². The molecule has 0 aliphatic carbocycles. The SMILES string of the molecule is O=S(=O)(OC(CF)c1ccc(F)c(Cl)c1)C(F)(F)F. The van der Waals surface area contributed by atoms with Crippen LogP contribution in [0, 0.1) is 5.82 Å². The van der Waals surface area contributed by atoms with Crippen LogP contribution in [0.2, 0.25) is 5.02 Å². The van der Waals surface area contributed by atoms with Gasteiger partial charge in [0.15, 0.2) is 0 Å². The summed E-state index contributed by atoms with van der Waals surface area (Å²) in [5, 5.41) is -0.496. The average molecular weight is 325 g/mol. The summed E-state index contributed by atoms with van der Waals surface area (Å²) in [5.74, 6) is -0.887. The molecule has 0 aliphatic rings. The van der Waals surface area contributed by atoms with E-state index < -0.39 is 39.2 Å². The molecule has 3 nitrogen and oxygen atoms in total. The van der Waals surface area contributed by atoms with Gasteiger partial charge < -0.3 is 0 Å². The smallest absolute Gasteiger partial charge is 0.252 e. The molecule has 0 amide bonds. The van der Waals surface area contributed by atoms with E-state index in [4.69, 9.17) is 11.6 Å². The van der Waals surface area contributed by atoms with Gasteiger partial charge in [-0.1, -0.05) is 17.7 Å². The van der Waals surface area contributed by atoms with Gasteiger partial charge >= 0.3 is 15.6 Å². The normalized spacial score (nSPS) is 14.4. The van der Waals surface area contributed by atoms with Crippen LogP contribution >= 0.6 is 11.6 Å². The number of rotatable bonds is 4. The first kappa shape index (κ1) is 16.1. The number of hydrogen-bond donors (Lipinski definition) is 0. The monoisotopic (exact) mass is 324 g/mol. The predicted molar refractivity (Wildman–Crippen MR) is 56.2 cm³/mol. The van der Waals surface area contributed by atoms with Crippen molar-refractivity contribution in [3.8, 4) is 0 Å². The van der Waals surface area contributed by atoms with Crippen molar-refractivity contribution in [2.45, 2.75) is 11.6 Å². The summed E-state index contributed by atoms with van der Waals surface area (Å²) < 4.78 is 86.8. The van der Waals surface area contributed by atoms with Gasteiger partial charge in [0.25, 0.3) is 0 Å². The van der Waals surface area contributed by atoms with Crippen LogP contribution in [0.4, 0.5) is 22.0 Å². The topological polar surface area (TPSA) is 43.4 Å². The van der Waals surface area contributed by atoms with Gasteiger partial charge in [-0.15, -0.1) is 0 Å². The minimum Gasteiger partial charge on any atom is -0.252 e. The summed E-state index contributed by atoms with van der Waals surface area (Å²) in [6, 6.07) is 2.41. The molecular formula is C9H6ClF5O3S. The molecule has 0 spiro atoms. The predicted octanol–water partition coefficient (Wildman–Crippen LogP) is 3.36. The molecule has 10 heteroatoms. The lowest BCUT2D eigenvalue weighted by atomic mass is 10.1. The van der Waals surface area contributed by atoms with Gasteiger partial charge in [-0.05, 0) is 17.7 Å². The Labute approximate surface area is 110 Å². The highest BCUT2D eigenvalue weighted by Crippen LogP contribution is 2.31.